The van der Waals surface area contributed by atoms with Gasteiger partial charge in [-0.05, 0) is 0 Å². The van der Waals surface area contributed by atoms with Crippen LogP contribution in [0.1, 0.15) is 6.92 Å². The minimum absolute atomic E-state index is 0.159. The van der Waals surface area contributed by atoms with Crippen molar-refractivity contribution in [1.29, 1.82) is 0 Å². The number of carboxylic acid groups (broad SMARTS) is 1. The minimum atomic E-state index is -1.77. The molecule has 0 aromatic rings. The Morgan fingerprint density at radius 3 is 2.77 bits per heavy atom. The zero-order chi connectivity index (χ0) is 10.1. The molecule has 6 heteroatoms. The second-order valence-corrected chi connectivity index (χ2v) is 2.97. The Labute approximate surface area is 74.7 Å². The predicted molar refractivity (Wildman–Crippen MR) is 40.0 cm³/mol. The number of carboxylic acids is 1. The lowest BCUT2D eigenvalue weighted by molar-refractivity contribution is -0.308. The lowest BCUT2D eigenvalue weighted by atomic mass is 10.1. The summed E-state index contributed by atoms with van der Waals surface area (Å²) in [6, 6.07) is 0. The summed E-state index contributed by atoms with van der Waals surface area (Å²) < 4.78 is 9.66. The second kappa shape index (κ2) is 3.59. The van der Waals surface area contributed by atoms with Crippen LogP contribution in [0.4, 0.5) is 0 Å². The van der Waals surface area contributed by atoms with E-state index in [1.54, 1.807) is 0 Å². The number of aliphatic hydroxyl groups is 2. The Kier molecular flexibility index (Phi) is 2.87. The molecule has 0 spiro atoms. The molecule has 3 N–H and O–H groups in total. The molecule has 13 heavy (non-hydrogen) atoms. The first kappa shape index (κ1) is 10.4. The summed E-state index contributed by atoms with van der Waals surface area (Å²) in [4.78, 5) is 10.6. The lowest BCUT2D eigenvalue weighted by Crippen LogP contribution is -2.55. The highest BCUT2D eigenvalue weighted by molar-refractivity contribution is 5.75. The first-order chi connectivity index (χ1) is 5.99. The van der Waals surface area contributed by atoms with Crippen LogP contribution in [0.3, 0.4) is 0 Å². The summed E-state index contributed by atoms with van der Waals surface area (Å²) in [6.45, 7) is 0.630. The maximum Gasteiger partial charge on any atom is 0.364 e. The monoisotopic (exact) mass is 192 g/mol. The largest absolute Gasteiger partial charge is 0.477 e. The highest BCUT2D eigenvalue weighted by Crippen LogP contribution is 2.22. The van der Waals surface area contributed by atoms with Crippen molar-refractivity contribution in [3.63, 3.8) is 0 Å². The maximum atomic E-state index is 10.6. The SMILES string of the molecule is CC1(C(=O)O)OCC(O)C(CO)O1. The van der Waals surface area contributed by atoms with Crippen LogP contribution in [0.5, 0.6) is 0 Å². The molecule has 3 unspecified atom stereocenters. The molecule has 1 aliphatic heterocycles. The van der Waals surface area contributed by atoms with Gasteiger partial charge >= 0.3 is 5.97 Å². The van der Waals surface area contributed by atoms with Gasteiger partial charge in [0.1, 0.15) is 12.2 Å². The average Bonchev–Trinajstić information content (AvgIpc) is 2.09. The van der Waals surface area contributed by atoms with Crippen LogP contribution in [-0.2, 0) is 14.3 Å². The molecule has 0 aromatic carbocycles. The van der Waals surface area contributed by atoms with E-state index in [9.17, 15) is 9.90 Å². The molecule has 1 heterocycles. The first-order valence-corrected chi connectivity index (χ1v) is 3.83. The van der Waals surface area contributed by atoms with E-state index < -0.39 is 30.6 Å². The van der Waals surface area contributed by atoms with Crippen molar-refractivity contribution >= 4 is 5.97 Å². The van der Waals surface area contributed by atoms with Crippen LogP contribution in [-0.4, -0.2) is 52.5 Å². The third-order valence-corrected chi connectivity index (χ3v) is 1.90. The van der Waals surface area contributed by atoms with Crippen LogP contribution < -0.4 is 0 Å². The zero-order valence-electron chi connectivity index (χ0n) is 7.14. The van der Waals surface area contributed by atoms with Crippen molar-refractivity contribution in [3.05, 3.63) is 0 Å². The van der Waals surface area contributed by atoms with Crippen LogP contribution in [0.15, 0.2) is 0 Å². The number of rotatable bonds is 2. The van der Waals surface area contributed by atoms with Crippen LogP contribution in [0.2, 0.25) is 0 Å². The van der Waals surface area contributed by atoms with Crippen molar-refractivity contribution in [1.82, 2.24) is 0 Å². The summed E-state index contributed by atoms with van der Waals surface area (Å²) >= 11 is 0. The smallest absolute Gasteiger partial charge is 0.364 e. The highest BCUT2D eigenvalue weighted by atomic mass is 16.7. The van der Waals surface area contributed by atoms with Gasteiger partial charge in [-0.3, -0.25) is 0 Å². The van der Waals surface area contributed by atoms with Gasteiger partial charge in [0, 0.05) is 6.92 Å². The topological polar surface area (TPSA) is 96.2 Å². The van der Waals surface area contributed by atoms with E-state index >= 15 is 0 Å². The normalized spacial score (nSPS) is 40.2. The molecule has 0 radical (unpaired) electrons. The third-order valence-electron chi connectivity index (χ3n) is 1.90. The molecular formula is C7H12O6. The van der Waals surface area contributed by atoms with Gasteiger partial charge in [0.05, 0.1) is 13.2 Å². The molecule has 0 amide bonds. The fourth-order valence-corrected chi connectivity index (χ4v) is 1.02. The molecule has 0 aromatic heterocycles. The first-order valence-electron chi connectivity index (χ1n) is 3.83. The molecular weight excluding hydrogens is 180 g/mol. The van der Waals surface area contributed by atoms with E-state index in [0.29, 0.717) is 0 Å². The van der Waals surface area contributed by atoms with Crippen molar-refractivity contribution in [2.75, 3.05) is 13.2 Å². The summed E-state index contributed by atoms with van der Waals surface area (Å²) in [5.74, 6) is -3.05. The van der Waals surface area contributed by atoms with Gasteiger partial charge in [-0.25, -0.2) is 4.79 Å². The van der Waals surface area contributed by atoms with Gasteiger partial charge in [0.25, 0.3) is 5.79 Å². The fourth-order valence-electron chi connectivity index (χ4n) is 1.02. The number of aliphatic hydroxyl groups excluding tert-OH is 2. The van der Waals surface area contributed by atoms with Crippen LogP contribution in [0.25, 0.3) is 0 Å². The van der Waals surface area contributed by atoms with E-state index in [1.807, 2.05) is 0 Å². The van der Waals surface area contributed by atoms with Gasteiger partial charge in [0.15, 0.2) is 0 Å². The molecule has 1 rings (SSSR count). The van der Waals surface area contributed by atoms with E-state index in [1.165, 1.54) is 6.92 Å². The van der Waals surface area contributed by atoms with Gasteiger partial charge in [0.2, 0.25) is 0 Å². The van der Waals surface area contributed by atoms with Gasteiger partial charge in [-0.2, -0.15) is 0 Å². The Morgan fingerprint density at radius 1 is 1.69 bits per heavy atom. The number of hydrogen-bond donors (Lipinski definition) is 3. The summed E-state index contributed by atoms with van der Waals surface area (Å²) in [5, 5.41) is 26.6. The fraction of sp³-hybridized carbons (Fsp3) is 0.857. The maximum absolute atomic E-state index is 10.6. The molecule has 0 bridgehead atoms. The van der Waals surface area contributed by atoms with Crippen molar-refractivity contribution in [2.24, 2.45) is 0 Å². The quantitative estimate of drug-likeness (QED) is 0.495. The molecule has 76 valence electrons. The molecule has 1 aliphatic rings. The molecule has 6 nitrogen and oxygen atoms in total. The number of ether oxygens (including phenoxy) is 2. The minimum Gasteiger partial charge on any atom is -0.477 e. The number of hydrogen-bond acceptors (Lipinski definition) is 5. The summed E-state index contributed by atoms with van der Waals surface area (Å²) in [5.41, 5.74) is 0. The Bertz CT molecular complexity index is 205. The van der Waals surface area contributed by atoms with Crippen molar-refractivity contribution < 1.29 is 29.6 Å². The van der Waals surface area contributed by atoms with E-state index in [4.69, 9.17) is 19.7 Å². The van der Waals surface area contributed by atoms with E-state index in [-0.39, 0.29) is 6.61 Å². The third kappa shape index (κ3) is 1.97. The van der Waals surface area contributed by atoms with Gasteiger partial charge < -0.3 is 24.8 Å². The Balaban J connectivity index is 2.69. The van der Waals surface area contributed by atoms with Gasteiger partial charge in [-0.1, -0.05) is 0 Å². The van der Waals surface area contributed by atoms with E-state index in [2.05, 4.69) is 0 Å². The van der Waals surface area contributed by atoms with Gasteiger partial charge in [-0.15, -0.1) is 0 Å². The molecule has 1 saturated heterocycles. The van der Waals surface area contributed by atoms with Crippen LogP contribution >= 0.6 is 0 Å². The van der Waals surface area contributed by atoms with Crippen molar-refractivity contribution in [3.8, 4) is 0 Å². The Morgan fingerprint density at radius 2 is 2.31 bits per heavy atom. The molecule has 0 aliphatic carbocycles. The summed E-state index contributed by atoms with van der Waals surface area (Å²) in [6.07, 6.45) is -1.90. The highest BCUT2D eigenvalue weighted by Gasteiger charge is 2.44. The molecule has 1 fully saturated rings. The lowest BCUT2D eigenvalue weighted by Gasteiger charge is -2.37. The Hall–Kier alpha value is -0.690. The predicted octanol–water partition coefficient (Wildman–Crippen LogP) is -1.44. The molecule has 0 saturated carbocycles. The van der Waals surface area contributed by atoms with E-state index in [0.717, 1.165) is 0 Å². The zero-order valence-corrected chi connectivity index (χ0v) is 7.14. The van der Waals surface area contributed by atoms with Crippen LogP contribution in [0, 0.1) is 0 Å². The average molecular weight is 192 g/mol. The molecule has 3 atom stereocenters. The summed E-state index contributed by atoms with van der Waals surface area (Å²) in [7, 11) is 0. The number of aliphatic carboxylic acids is 1. The standard InChI is InChI=1S/C7H12O6/c1-7(6(10)11)12-3-4(9)5(2-8)13-7/h4-5,8-9H,2-3H2,1H3,(H,10,11). The van der Waals surface area contributed by atoms with Crippen molar-refractivity contribution in [2.45, 2.75) is 24.9 Å². The second-order valence-electron chi connectivity index (χ2n) is 2.97. The number of carbonyl (C=O) groups is 1.